The van der Waals surface area contributed by atoms with Crippen LogP contribution in [0.4, 0.5) is 5.69 Å². The average molecular weight is 412 g/mol. The highest BCUT2D eigenvalue weighted by Crippen LogP contribution is 2.23. The summed E-state index contributed by atoms with van der Waals surface area (Å²) in [7, 11) is 1.45. The van der Waals surface area contributed by atoms with Crippen molar-refractivity contribution >= 4 is 28.5 Å². The van der Waals surface area contributed by atoms with Gasteiger partial charge in [-0.3, -0.25) is 14.9 Å². The largest absolute Gasteiger partial charge is 0.497 e. The number of carboxylic acid groups (broad SMARTS) is 1. The fourth-order valence-electron chi connectivity index (χ4n) is 2.93. The maximum Gasteiger partial charge on any atom is 0.336 e. The average Bonchev–Trinajstić information content (AvgIpc) is 2.72. The number of nitro benzene ring substituents is 1. The standard InChI is InChI=1S/C20H16N2O8/c1-29-14-5-6-15-12(9-18(23)30-17(15)10-14)8-16(20(25)26)21-19(24)11-3-2-4-13(7-11)22(27)28/h2-7,9-10,16H,8H2,1H3,(H,21,24)(H,25,26)/t16-/m0/s1. The van der Waals surface area contributed by atoms with Crippen LogP contribution in [0, 0.1) is 10.1 Å². The third-order valence-corrected chi connectivity index (χ3v) is 4.38. The molecule has 154 valence electrons. The number of methoxy groups -OCH3 is 1. The van der Waals surface area contributed by atoms with Gasteiger partial charge in [-0.2, -0.15) is 0 Å². The number of fused-ring (bicyclic) bond motifs is 1. The molecule has 1 aromatic heterocycles. The van der Waals surface area contributed by atoms with Crippen LogP contribution in [0.5, 0.6) is 5.75 Å². The first-order valence-electron chi connectivity index (χ1n) is 8.67. The molecular formula is C20H16N2O8. The lowest BCUT2D eigenvalue weighted by atomic mass is 10.0. The molecule has 0 fully saturated rings. The van der Waals surface area contributed by atoms with Crippen LogP contribution in [-0.2, 0) is 11.2 Å². The fourth-order valence-corrected chi connectivity index (χ4v) is 2.93. The molecule has 0 radical (unpaired) electrons. The van der Waals surface area contributed by atoms with Crippen LogP contribution in [0.3, 0.4) is 0 Å². The van der Waals surface area contributed by atoms with Crippen LogP contribution in [0.15, 0.2) is 57.7 Å². The van der Waals surface area contributed by atoms with Crippen molar-refractivity contribution in [3.8, 4) is 5.75 Å². The van der Waals surface area contributed by atoms with Crippen molar-refractivity contribution in [2.24, 2.45) is 0 Å². The quantitative estimate of drug-likeness (QED) is 0.340. The summed E-state index contributed by atoms with van der Waals surface area (Å²) in [5.74, 6) is -1.67. The molecule has 1 amide bonds. The van der Waals surface area contributed by atoms with E-state index in [1.165, 1.54) is 31.4 Å². The molecule has 1 atom stereocenters. The van der Waals surface area contributed by atoms with E-state index in [-0.39, 0.29) is 23.3 Å². The number of nitrogens with zero attached hydrogens (tertiary/aromatic N) is 1. The number of nitro groups is 1. The second-order valence-electron chi connectivity index (χ2n) is 6.33. The number of nitrogens with one attached hydrogen (secondary N) is 1. The second kappa shape index (κ2) is 8.43. The number of ether oxygens (including phenoxy) is 1. The van der Waals surface area contributed by atoms with Gasteiger partial charge in [0.1, 0.15) is 17.4 Å². The zero-order valence-electron chi connectivity index (χ0n) is 15.7. The Hall–Kier alpha value is -4.21. The van der Waals surface area contributed by atoms with Gasteiger partial charge in [0.25, 0.3) is 11.6 Å². The Bertz CT molecular complexity index is 1200. The predicted molar refractivity (Wildman–Crippen MR) is 105 cm³/mol. The Morgan fingerprint density at radius 1 is 1.23 bits per heavy atom. The van der Waals surface area contributed by atoms with E-state index < -0.39 is 28.5 Å². The van der Waals surface area contributed by atoms with Crippen molar-refractivity contribution < 1.29 is 28.8 Å². The molecule has 10 nitrogen and oxygen atoms in total. The van der Waals surface area contributed by atoms with Crippen molar-refractivity contribution in [1.82, 2.24) is 5.32 Å². The molecule has 3 rings (SSSR count). The van der Waals surface area contributed by atoms with Crippen LogP contribution in [0.1, 0.15) is 15.9 Å². The molecule has 1 heterocycles. The van der Waals surface area contributed by atoms with Gasteiger partial charge in [-0.05, 0) is 23.8 Å². The smallest absolute Gasteiger partial charge is 0.336 e. The number of hydrogen-bond donors (Lipinski definition) is 2. The summed E-state index contributed by atoms with van der Waals surface area (Å²) in [6.45, 7) is 0. The Morgan fingerprint density at radius 2 is 2.00 bits per heavy atom. The van der Waals surface area contributed by atoms with Gasteiger partial charge in [0.05, 0.1) is 12.0 Å². The van der Waals surface area contributed by atoms with E-state index in [0.717, 1.165) is 12.1 Å². The number of hydrogen-bond acceptors (Lipinski definition) is 7. The Morgan fingerprint density at radius 3 is 2.67 bits per heavy atom. The number of carbonyl (C=O) groups excluding carboxylic acids is 1. The molecule has 0 spiro atoms. The molecule has 0 bridgehead atoms. The number of carboxylic acids is 1. The van der Waals surface area contributed by atoms with E-state index in [2.05, 4.69) is 5.32 Å². The van der Waals surface area contributed by atoms with Crippen LogP contribution in [-0.4, -0.2) is 35.1 Å². The molecule has 30 heavy (non-hydrogen) atoms. The van der Waals surface area contributed by atoms with Crippen molar-refractivity contribution in [2.45, 2.75) is 12.5 Å². The van der Waals surface area contributed by atoms with E-state index in [9.17, 15) is 29.6 Å². The van der Waals surface area contributed by atoms with Crippen LogP contribution in [0.25, 0.3) is 11.0 Å². The van der Waals surface area contributed by atoms with Gasteiger partial charge in [0.15, 0.2) is 0 Å². The first-order chi connectivity index (χ1) is 14.3. The third kappa shape index (κ3) is 4.43. The summed E-state index contributed by atoms with van der Waals surface area (Å²) in [4.78, 5) is 46.3. The summed E-state index contributed by atoms with van der Waals surface area (Å²) in [5, 5.41) is 23.3. The molecule has 2 aromatic carbocycles. The zero-order chi connectivity index (χ0) is 21.8. The number of carbonyl (C=O) groups is 2. The number of non-ortho nitro benzene ring substituents is 1. The minimum Gasteiger partial charge on any atom is -0.497 e. The Balaban J connectivity index is 1.90. The van der Waals surface area contributed by atoms with E-state index in [4.69, 9.17) is 9.15 Å². The number of rotatable bonds is 7. The summed E-state index contributed by atoms with van der Waals surface area (Å²) in [6, 6.07) is 9.44. The first-order valence-corrected chi connectivity index (χ1v) is 8.67. The van der Waals surface area contributed by atoms with Gasteiger partial charge >= 0.3 is 11.6 Å². The van der Waals surface area contributed by atoms with Crippen molar-refractivity contribution in [3.63, 3.8) is 0 Å². The van der Waals surface area contributed by atoms with Crippen LogP contribution in [0.2, 0.25) is 0 Å². The summed E-state index contributed by atoms with van der Waals surface area (Å²) < 4.78 is 10.2. The zero-order valence-corrected chi connectivity index (χ0v) is 15.7. The van der Waals surface area contributed by atoms with Crippen LogP contribution < -0.4 is 15.7 Å². The highest BCUT2D eigenvalue weighted by molar-refractivity contribution is 5.97. The van der Waals surface area contributed by atoms with E-state index in [1.54, 1.807) is 12.1 Å². The molecule has 0 aliphatic carbocycles. The molecule has 2 N–H and O–H groups in total. The normalized spacial score (nSPS) is 11.6. The Kier molecular flexibility index (Phi) is 5.77. The molecule has 3 aromatic rings. The molecular weight excluding hydrogens is 396 g/mol. The van der Waals surface area contributed by atoms with E-state index >= 15 is 0 Å². The summed E-state index contributed by atoms with van der Waals surface area (Å²) >= 11 is 0. The molecule has 0 unspecified atom stereocenters. The SMILES string of the molecule is COc1ccc2c(C[C@H](NC(=O)c3cccc([N+](=O)[O-])c3)C(=O)O)cc(=O)oc2c1. The monoisotopic (exact) mass is 412 g/mol. The van der Waals surface area contributed by atoms with Crippen molar-refractivity contribution in [3.05, 3.63) is 80.2 Å². The van der Waals surface area contributed by atoms with Crippen molar-refractivity contribution in [2.75, 3.05) is 7.11 Å². The third-order valence-electron chi connectivity index (χ3n) is 4.38. The lowest BCUT2D eigenvalue weighted by molar-refractivity contribution is -0.384. The second-order valence-corrected chi connectivity index (χ2v) is 6.33. The Labute approximate surface area is 168 Å². The van der Waals surface area contributed by atoms with Gasteiger partial charge in [0, 0.05) is 41.6 Å². The fraction of sp³-hybridized carbons (Fsp3) is 0.150. The maximum absolute atomic E-state index is 12.4. The first kappa shape index (κ1) is 20.5. The van der Waals surface area contributed by atoms with Gasteiger partial charge < -0.3 is 19.6 Å². The molecule has 0 aliphatic rings. The van der Waals surface area contributed by atoms with Gasteiger partial charge in [-0.15, -0.1) is 0 Å². The summed E-state index contributed by atoms with van der Waals surface area (Å²) in [5.41, 5.74) is -0.464. The van der Waals surface area contributed by atoms with Gasteiger partial charge in [0.2, 0.25) is 0 Å². The molecule has 0 saturated carbocycles. The maximum atomic E-state index is 12.4. The summed E-state index contributed by atoms with van der Waals surface area (Å²) in [6.07, 6.45) is -0.204. The number of benzene rings is 2. The lowest BCUT2D eigenvalue weighted by Crippen LogP contribution is -2.42. The molecule has 0 saturated heterocycles. The van der Waals surface area contributed by atoms with Gasteiger partial charge in [-0.25, -0.2) is 9.59 Å². The minimum absolute atomic E-state index is 0.0578. The topological polar surface area (TPSA) is 149 Å². The number of amides is 1. The lowest BCUT2D eigenvalue weighted by Gasteiger charge is -2.15. The number of aliphatic carboxylic acids is 1. The molecule has 0 aliphatic heterocycles. The van der Waals surface area contributed by atoms with E-state index in [1.807, 2.05) is 0 Å². The van der Waals surface area contributed by atoms with Crippen LogP contribution >= 0.6 is 0 Å². The highest BCUT2D eigenvalue weighted by Gasteiger charge is 2.23. The van der Waals surface area contributed by atoms with Crippen molar-refractivity contribution in [1.29, 1.82) is 0 Å². The minimum atomic E-state index is -1.39. The molecule has 10 heteroatoms. The van der Waals surface area contributed by atoms with E-state index in [0.29, 0.717) is 16.7 Å². The van der Waals surface area contributed by atoms with Gasteiger partial charge in [-0.1, -0.05) is 6.07 Å². The predicted octanol–water partition coefficient (Wildman–Crippen LogP) is 2.14. The highest BCUT2D eigenvalue weighted by atomic mass is 16.6.